The predicted molar refractivity (Wildman–Crippen MR) is 113 cm³/mol. The first-order valence-electron chi connectivity index (χ1n) is 9.67. The molecule has 0 unspecified atom stereocenters. The van der Waals surface area contributed by atoms with Crippen LogP contribution in [0.2, 0.25) is 0 Å². The number of hydrazine groups is 1. The highest BCUT2D eigenvalue weighted by Crippen LogP contribution is 2.20. The van der Waals surface area contributed by atoms with Crippen molar-refractivity contribution in [1.82, 2.24) is 10.9 Å². The van der Waals surface area contributed by atoms with E-state index in [1.165, 1.54) is 0 Å². The standard InChI is InChI=1S/C23H24N2O5/c1-2-28-12-13-29-20-9-5-8-19(15-20)23(27)25-24-22(26)16-30-21-11-10-17-6-3-4-7-18(17)14-21/h3-11,14-15H,2,12-13,16H2,1H3,(H,24,26)(H,25,27). The molecule has 3 aromatic rings. The Morgan fingerprint density at radius 3 is 2.43 bits per heavy atom. The van der Waals surface area contributed by atoms with Crippen LogP contribution in [0.4, 0.5) is 0 Å². The number of benzene rings is 3. The van der Waals surface area contributed by atoms with Crippen LogP contribution in [-0.2, 0) is 9.53 Å². The molecule has 0 saturated carbocycles. The third-order valence-electron chi connectivity index (χ3n) is 4.20. The third-order valence-corrected chi connectivity index (χ3v) is 4.20. The molecule has 2 N–H and O–H groups in total. The van der Waals surface area contributed by atoms with Crippen molar-refractivity contribution in [2.75, 3.05) is 26.4 Å². The van der Waals surface area contributed by atoms with E-state index in [1.54, 1.807) is 30.3 Å². The maximum Gasteiger partial charge on any atom is 0.276 e. The Labute approximate surface area is 174 Å². The van der Waals surface area contributed by atoms with E-state index in [4.69, 9.17) is 14.2 Å². The van der Waals surface area contributed by atoms with Gasteiger partial charge in [0.1, 0.15) is 18.1 Å². The molecule has 0 bridgehead atoms. The van der Waals surface area contributed by atoms with Crippen LogP contribution in [0.25, 0.3) is 10.8 Å². The molecule has 0 heterocycles. The molecule has 0 radical (unpaired) electrons. The van der Waals surface area contributed by atoms with Gasteiger partial charge in [0.05, 0.1) is 6.61 Å². The van der Waals surface area contributed by atoms with Crippen molar-refractivity contribution in [2.24, 2.45) is 0 Å². The summed E-state index contributed by atoms with van der Waals surface area (Å²) in [6, 6.07) is 20.1. The Morgan fingerprint density at radius 1 is 0.800 bits per heavy atom. The number of fused-ring (bicyclic) bond motifs is 1. The Morgan fingerprint density at radius 2 is 1.60 bits per heavy atom. The summed E-state index contributed by atoms with van der Waals surface area (Å²) in [7, 11) is 0. The molecule has 2 amide bonds. The fraction of sp³-hybridized carbons (Fsp3) is 0.217. The summed E-state index contributed by atoms with van der Waals surface area (Å²) in [5.74, 6) is 0.199. The lowest BCUT2D eigenvalue weighted by Crippen LogP contribution is -2.43. The number of hydrogen-bond donors (Lipinski definition) is 2. The van der Waals surface area contributed by atoms with Gasteiger partial charge in [-0.25, -0.2) is 0 Å². The van der Waals surface area contributed by atoms with Gasteiger partial charge in [-0.1, -0.05) is 36.4 Å². The summed E-state index contributed by atoms with van der Waals surface area (Å²) in [5.41, 5.74) is 5.07. The van der Waals surface area contributed by atoms with Crippen LogP contribution in [0.15, 0.2) is 66.7 Å². The molecule has 0 aromatic heterocycles. The molecule has 3 rings (SSSR count). The molecule has 0 saturated heterocycles. The number of ether oxygens (including phenoxy) is 3. The van der Waals surface area contributed by atoms with Gasteiger partial charge >= 0.3 is 0 Å². The molecule has 0 fully saturated rings. The topological polar surface area (TPSA) is 85.9 Å². The van der Waals surface area contributed by atoms with Gasteiger partial charge in [-0.15, -0.1) is 0 Å². The maximum absolute atomic E-state index is 12.3. The zero-order chi connectivity index (χ0) is 21.2. The van der Waals surface area contributed by atoms with E-state index in [0.29, 0.717) is 36.9 Å². The van der Waals surface area contributed by atoms with E-state index in [1.807, 2.05) is 43.3 Å². The largest absolute Gasteiger partial charge is 0.491 e. The highest BCUT2D eigenvalue weighted by atomic mass is 16.5. The SMILES string of the molecule is CCOCCOc1cccc(C(=O)NNC(=O)COc2ccc3ccccc3c2)c1. The molecular formula is C23H24N2O5. The van der Waals surface area contributed by atoms with E-state index in [2.05, 4.69) is 10.9 Å². The monoisotopic (exact) mass is 408 g/mol. The van der Waals surface area contributed by atoms with Gasteiger partial charge in [-0.2, -0.15) is 0 Å². The average Bonchev–Trinajstić information content (AvgIpc) is 2.79. The van der Waals surface area contributed by atoms with Crippen LogP contribution in [0.5, 0.6) is 11.5 Å². The molecule has 0 aliphatic rings. The second-order valence-corrected chi connectivity index (χ2v) is 6.37. The van der Waals surface area contributed by atoms with Crippen molar-refractivity contribution in [3.05, 3.63) is 72.3 Å². The third kappa shape index (κ3) is 6.22. The minimum absolute atomic E-state index is 0.223. The van der Waals surface area contributed by atoms with Crippen LogP contribution in [0.1, 0.15) is 17.3 Å². The molecule has 0 spiro atoms. The van der Waals surface area contributed by atoms with Crippen LogP contribution in [-0.4, -0.2) is 38.2 Å². The average molecular weight is 408 g/mol. The number of hydrogen-bond acceptors (Lipinski definition) is 5. The van der Waals surface area contributed by atoms with Crippen molar-refractivity contribution >= 4 is 22.6 Å². The first kappa shape index (κ1) is 21.1. The van der Waals surface area contributed by atoms with Crippen molar-refractivity contribution in [1.29, 1.82) is 0 Å². The summed E-state index contributed by atoms with van der Waals surface area (Å²) in [4.78, 5) is 24.2. The zero-order valence-corrected chi connectivity index (χ0v) is 16.7. The Balaban J connectivity index is 1.45. The number of amides is 2. The quantitative estimate of drug-likeness (QED) is 0.420. The minimum Gasteiger partial charge on any atom is -0.491 e. The first-order chi connectivity index (χ1) is 14.7. The zero-order valence-electron chi connectivity index (χ0n) is 16.7. The molecule has 30 heavy (non-hydrogen) atoms. The van der Waals surface area contributed by atoms with Gasteiger partial charge < -0.3 is 14.2 Å². The summed E-state index contributed by atoms with van der Waals surface area (Å²) in [5, 5.41) is 2.11. The number of nitrogens with one attached hydrogen (secondary N) is 2. The Kier molecular flexibility index (Phi) is 7.63. The molecule has 156 valence electrons. The fourth-order valence-corrected chi connectivity index (χ4v) is 2.73. The van der Waals surface area contributed by atoms with Crippen molar-refractivity contribution in [3.8, 4) is 11.5 Å². The molecule has 7 nitrogen and oxygen atoms in total. The smallest absolute Gasteiger partial charge is 0.276 e. The lowest BCUT2D eigenvalue weighted by molar-refractivity contribution is -0.123. The van der Waals surface area contributed by atoms with Crippen LogP contribution >= 0.6 is 0 Å². The van der Waals surface area contributed by atoms with Crippen molar-refractivity contribution < 1.29 is 23.8 Å². The Hall–Kier alpha value is -3.58. The van der Waals surface area contributed by atoms with Crippen LogP contribution < -0.4 is 20.3 Å². The molecule has 0 aliphatic heterocycles. The van der Waals surface area contributed by atoms with E-state index >= 15 is 0 Å². The summed E-state index contributed by atoms with van der Waals surface area (Å²) in [6.45, 7) is 3.17. The minimum atomic E-state index is -0.472. The van der Waals surface area contributed by atoms with E-state index < -0.39 is 11.8 Å². The highest BCUT2D eigenvalue weighted by molar-refractivity contribution is 5.95. The molecule has 7 heteroatoms. The summed E-state index contributed by atoms with van der Waals surface area (Å²) >= 11 is 0. The predicted octanol–water partition coefficient (Wildman–Crippen LogP) is 3.10. The second-order valence-electron chi connectivity index (χ2n) is 6.37. The first-order valence-corrected chi connectivity index (χ1v) is 9.67. The molecule has 0 atom stereocenters. The van der Waals surface area contributed by atoms with E-state index in [-0.39, 0.29) is 6.61 Å². The van der Waals surface area contributed by atoms with E-state index in [0.717, 1.165) is 10.8 Å². The van der Waals surface area contributed by atoms with Crippen LogP contribution in [0, 0.1) is 0 Å². The highest BCUT2D eigenvalue weighted by Gasteiger charge is 2.09. The van der Waals surface area contributed by atoms with Gasteiger partial charge in [0.2, 0.25) is 0 Å². The lowest BCUT2D eigenvalue weighted by Gasteiger charge is -2.10. The van der Waals surface area contributed by atoms with Crippen LogP contribution in [0.3, 0.4) is 0 Å². The second kappa shape index (κ2) is 10.8. The van der Waals surface area contributed by atoms with Gasteiger partial charge in [0.15, 0.2) is 6.61 Å². The van der Waals surface area contributed by atoms with E-state index in [9.17, 15) is 9.59 Å². The van der Waals surface area contributed by atoms with Gasteiger partial charge in [0, 0.05) is 12.2 Å². The molecule has 0 aliphatic carbocycles. The summed E-state index contributed by atoms with van der Waals surface area (Å²) in [6.07, 6.45) is 0. The van der Waals surface area contributed by atoms with Gasteiger partial charge in [-0.05, 0) is 48.0 Å². The number of carbonyl (C=O) groups excluding carboxylic acids is 2. The number of carbonyl (C=O) groups is 2. The molecular weight excluding hydrogens is 384 g/mol. The van der Waals surface area contributed by atoms with Gasteiger partial charge in [0.25, 0.3) is 11.8 Å². The molecule has 3 aromatic carbocycles. The van der Waals surface area contributed by atoms with Crippen molar-refractivity contribution in [3.63, 3.8) is 0 Å². The van der Waals surface area contributed by atoms with Crippen molar-refractivity contribution in [2.45, 2.75) is 6.92 Å². The maximum atomic E-state index is 12.3. The number of rotatable bonds is 9. The normalized spacial score (nSPS) is 10.4. The Bertz CT molecular complexity index is 1010. The lowest BCUT2D eigenvalue weighted by atomic mass is 10.1. The fourth-order valence-electron chi connectivity index (χ4n) is 2.73. The summed E-state index contributed by atoms with van der Waals surface area (Å²) < 4.78 is 16.2. The van der Waals surface area contributed by atoms with Gasteiger partial charge in [-0.3, -0.25) is 20.4 Å².